The van der Waals surface area contributed by atoms with Crippen LogP contribution < -0.4 is 14.8 Å². The number of halogens is 1. The van der Waals surface area contributed by atoms with Gasteiger partial charge in [-0.3, -0.25) is 4.79 Å². The highest BCUT2D eigenvalue weighted by atomic mass is 35.5. The van der Waals surface area contributed by atoms with Crippen molar-refractivity contribution in [3.63, 3.8) is 0 Å². The molecule has 3 aromatic rings. The van der Waals surface area contributed by atoms with Gasteiger partial charge in [-0.25, -0.2) is 9.97 Å². The van der Waals surface area contributed by atoms with Crippen molar-refractivity contribution in [1.82, 2.24) is 19.9 Å². The van der Waals surface area contributed by atoms with Gasteiger partial charge in [0.25, 0.3) is 0 Å². The summed E-state index contributed by atoms with van der Waals surface area (Å²) in [5, 5.41) is 3.64. The van der Waals surface area contributed by atoms with Gasteiger partial charge >= 0.3 is 0 Å². The molecule has 10 heteroatoms. The van der Waals surface area contributed by atoms with Gasteiger partial charge in [0, 0.05) is 23.9 Å². The van der Waals surface area contributed by atoms with Crippen molar-refractivity contribution in [3.05, 3.63) is 29.8 Å². The van der Waals surface area contributed by atoms with Crippen molar-refractivity contribution in [3.8, 4) is 11.5 Å². The first kappa shape index (κ1) is 16.0. The van der Waals surface area contributed by atoms with Crippen LogP contribution in [-0.4, -0.2) is 38.4 Å². The zero-order chi connectivity index (χ0) is 17.2. The summed E-state index contributed by atoms with van der Waals surface area (Å²) in [7, 11) is 0. The van der Waals surface area contributed by atoms with Crippen LogP contribution in [0.5, 0.6) is 11.5 Å². The van der Waals surface area contributed by atoms with Crippen LogP contribution in [0.2, 0.25) is 5.28 Å². The summed E-state index contributed by atoms with van der Waals surface area (Å²) in [5.74, 6) is 1.74. The highest BCUT2D eigenvalue weighted by molar-refractivity contribution is 7.99. The van der Waals surface area contributed by atoms with E-state index in [2.05, 4.69) is 25.3 Å². The van der Waals surface area contributed by atoms with Gasteiger partial charge in [0.05, 0.1) is 6.33 Å². The molecule has 0 saturated carbocycles. The molecular weight excluding hydrogens is 366 g/mol. The Bertz CT molecular complexity index is 948. The van der Waals surface area contributed by atoms with Crippen molar-refractivity contribution < 1.29 is 14.3 Å². The summed E-state index contributed by atoms with van der Waals surface area (Å²) in [5.41, 5.74) is 1.89. The summed E-state index contributed by atoms with van der Waals surface area (Å²) >= 11 is 7.30. The lowest BCUT2D eigenvalue weighted by atomic mass is 10.2. The van der Waals surface area contributed by atoms with E-state index in [-0.39, 0.29) is 18.0 Å². The highest BCUT2D eigenvalue weighted by Gasteiger charge is 2.14. The monoisotopic (exact) mass is 377 g/mol. The van der Waals surface area contributed by atoms with Crippen molar-refractivity contribution in [2.75, 3.05) is 17.9 Å². The van der Waals surface area contributed by atoms with Gasteiger partial charge in [0.2, 0.25) is 18.0 Å². The molecule has 0 saturated heterocycles. The number of carbonyl (C=O) groups excluding carboxylic acids is 1. The Hall–Kier alpha value is -2.52. The molecule has 128 valence electrons. The number of anilines is 1. The van der Waals surface area contributed by atoms with E-state index >= 15 is 0 Å². The second-order valence-electron chi connectivity index (χ2n) is 5.11. The Morgan fingerprint density at radius 1 is 1.32 bits per heavy atom. The number of H-pyrrole nitrogens is 1. The van der Waals surface area contributed by atoms with Crippen LogP contribution in [0, 0.1) is 0 Å². The van der Waals surface area contributed by atoms with Gasteiger partial charge in [-0.05, 0) is 23.7 Å². The van der Waals surface area contributed by atoms with Gasteiger partial charge < -0.3 is 19.8 Å². The number of carbonyl (C=O) groups is 1. The number of rotatable bonds is 5. The first-order valence-corrected chi connectivity index (χ1v) is 8.74. The second-order valence-corrected chi connectivity index (χ2v) is 6.54. The fourth-order valence-electron chi connectivity index (χ4n) is 2.32. The zero-order valence-corrected chi connectivity index (χ0v) is 14.4. The zero-order valence-electron chi connectivity index (χ0n) is 12.8. The quantitative estimate of drug-likeness (QED) is 0.400. The summed E-state index contributed by atoms with van der Waals surface area (Å²) in [6, 6.07) is 5.28. The number of aromatic amines is 1. The minimum Gasteiger partial charge on any atom is -0.454 e. The smallest absolute Gasteiger partial charge is 0.231 e. The number of thioether (sulfide) groups is 1. The standard InChI is InChI=1S/C15H12ClN5O3S/c16-15-20-13-12(17-6-18-13)14(21-15)25-4-3-11(22)19-8-1-2-9-10(5-8)24-7-23-9/h1-2,5-6H,3-4,7H2,(H,19,22)(H,17,18,20,21). The maximum Gasteiger partial charge on any atom is 0.231 e. The van der Waals surface area contributed by atoms with Crippen LogP contribution in [0.4, 0.5) is 5.69 Å². The number of imidazole rings is 1. The first-order chi connectivity index (χ1) is 12.2. The number of hydrogen-bond acceptors (Lipinski definition) is 7. The van der Waals surface area contributed by atoms with Crippen LogP contribution in [0.3, 0.4) is 0 Å². The molecule has 1 aromatic carbocycles. The number of nitrogens with one attached hydrogen (secondary N) is 2. The molecule has 0 bridgehead atoms. The number of nitrogens with zero attached hydrogens (tertiary/aromatic N) is 3. The van der Waals surface area contributed by atoms with Crippen molar-refractivity contribution in [2.45, 2.75) is 11.4 Å². The average molecular weight is 378 g/mol. The molecule has 0 aliphatic carbocycles. The molecule has 1 aliphatic rings. The normalized spacial score (nSPS) is 12.5. The maximum absolute atomic E-state index is 12.1. The molecule has 2 aromatic heterocycles. The second kappa shape index (κ2) is 6.77. The number of hydrogen-bond donors (Lipinski definition) is 2. The van der Waals surface area contributed by atoms with E-state index in [4.69, 9.17) is 21.1 Å². The molecule has 4 rings (SSSR count). The third-order valence-corrected chi connectivity index (χ3v) is 4.60. The molecule has 0 spiro atoms. The Morgan fingerprint density at radius 3 is 3.12 bits per heavy atom. The Kier molecular flexibility index (Phi) is 4.33. The average Bonchev–Trinajstić information content (AvgIpc) is 3.22. The molecule has 2 N–H and O–H groups in total. The van der Waals surface area contributed by atoms with Crippen LogP contribution in [0.25, 0.3) is 11.2 Å². The van der Waals surface area contributed by atoms with Gasteiger partial charge in [-0.15, -0.1) is 11.8 Å². The lowest BCUT2D eigenvalue weighted by Gasteiger charge is -2.06. The molecule has 8 nitrogen and oxygen atoms in total. The minimum absolute atomic E-state index is 0.104. The van der Waals surface area contributed by atoms with E-state index in [1.807, 2.05) is 0 Å². The highest BCUT2D eigenvalue weighted by Crippen LogP contribution is 2.34. The molecule has 0 radical (unpaired) electrons. The molecule has 0 unspecified atom stereocenters. The molecule has 0 atom stereocenters. The molecule has 1 amide bonds. The van der Waals surface area contributed by atoms with Gasteiger partial charge in [0.15, 0.2) is 17.1 Å². The summed E-state index contributed by atoms with van der Waals surface area (Å²) in [4.78, 5) is 27.3. The lowest BCUT2D eigenvalue weighted by Crippen LogP contribution is -2.12. The Balaban J connectivity index is 1.35. The van der Waals surface area contributed by atoms with Gasteiger partial charge in [-0.2, -0.15) is 4.98 Å². The summed E-state index contributed by atoms with van der Waals surface area (Å²) < 4.78 is 10.5. The van der Waals surface area contributed by atoms with E-state index in [1.165, 1.54) is 18.1 Å². The summed E-state index contributed by atoms with van der Waals surface area (Å²) in [6.07, 6.45) is 1.85. The maximum atomic E-state index is 12.1. The predicted molar refractivity (Wildman–Crippen MR) is 93.2 cm³/mol. The number of amides is 1. The van der Waals surface area contributed by atoms with Crippen LogP contribution in [-0.2, 0) is 4.79 Å². The van der Waals surface area contributed by atoms with Gasteiger partial charge in [-0.1, -0.05) is 0 Å². The number of ether oxygens (including phenoxy) is 2. The predicted octanol–water partition coefficient (Wildman–Crippen LogP) is 2.86. The largest absolute Gasteiger partial charge is 0.454 e. The number of benzene rings is 1. The Labute approximate surface area is 151 Å². The van der Waals surface area contributed by atoms with E-state index < -0.39 is 0 Å². The molecule has 1 aliphatic heterocycles. The lowest BCUT2D eigenvalue weighted by molar-refractivity contribution is -0.115. The van der Waals surface area contributed by atoms with Crippen molar-refractivity contribution >= 4 is 46.1 Å². The SMILES string of the molecule is O=C(CCSc1nc(Cl)nc2nc[nH]c12)Nc1ccc2c(c1)OCO2. The van der Waals surface area contributed by atoms with Gasteiger partial charge in [0.1, 0.15) is 10.5 Å². The van der Waals surface area contributed by atoms with E-state index in [0.717, 1.165) is 0 Å². The van der Waals surface area contributed by atoms with Crippen LogP contribution >= 0.6 is 23.4 Å². The van der Waals surface area contributed by atoms with Crippen molar-refractivity contribution in [2.24, 2.45) is 0 Å². The van der Waals surface area contributed by atoms with Crippen molar-refractivity contribution in [1.29, 1.82) is 0 Å². The molecular formula is C15H12ClN5O3S. The minimum atomic E-state index is -0.104. The Morgan fingerprint density at radius 2 is 2.20 bits per heavy atom. The third kappa shape index (κ3) is 3.47. The van der Waals surface area contributed by atoms with Crippen LogP contribution in [0.15, 0.2) is 29.6 Å². The topological polar surface area (TPSA) is 102 Å². The molecule has 25 heavy (non-hydrogen) atoms. The number of aromatic nitrogens is 4. The van der Waals surface area contributed by atoms with E-state index in [9.17, 15) is 4.79 Å². The van der Waals surface area contributed by atoms with E-state index in [0.29, 0.717) is 45.5 Å². The molecule has 0 fully saturated rings. The fraction of sp³-hybridized carbons (Fsp3) is 0.200. The first-order valence-electron chi connectivity index (χ1n) is 7.38. The van der Waals surface area contributed by atoms with Crippen LogP contribution in [0.1, 0.15) is 6.42 Å². The summed E-state index contributed by atoms with van der Waals surface area (Å²) in [6.45, 7) is 0.201. The third-order valence-electron chi connectivity index (χ3n) is 3.45. The molecule has 3 heterocycles. The fourth-order valence-corrected chi connectivity index (χ4v) is 3.46. The van der Waals surface area contributed by atoms with E-state index in [1.54, 1.807) is 18.2 Å². The number of fused-ring (bicyclic) bond motifs is 2.